The maximum absolute atomic E-state index is 6.19. The fourth-order valence-corrected chi connectivity index (χ4v) is 3.72. The van der Waals surface area contributed by atoms with Crippen LogP contribution in [0, 0.1) is 11.3 Å². The monoisotopic (exact) mass is 284 g/mol. The lowest BCUT2D eigenvalue weighted by atomic mass is 9.67. The first-order valence-corrected chi connectivity index (χ1v) is 8.42. The van der Waals surface area contributed by atoms with Crippen LogP contribution in [0.15, 0.2) is 0 Å². The van der Waals surface area contributed by atoms with Gasteiger partial charge in [0.15, 0.2) is 0 Å². The summed E-state index contributed by atoms with van der Waals surface area (Å²) in [5.41, 5.74) is 6.84. The van der Waals surface area contributed by atoms with Gasteiger partial charge in [-0.3, -0.25) is 4.90 Å². The normalized spacial score (nSPS) is 28.1. The molecule has 0 heterocycles. The van der Waals surface area contributed by atoms with E-state index in [0.717, 1.165) is 38.8 Å². The average molecular weight is 284 g/mol. The second kappa shape index (κ2) is 7.77. The minimum absolute atomic E-state index is 0.216. The molecule has 1 fully saturated rings. The van der Waals surface area contributed by atoms with E-state index in [9.17, 15) is 0 Å². The van der Waals surface area contributed by atoms with E-state index in [-0.39, 0.29) is 5.54 Å². The predicted molar refractivity (Wildman–Crippen MR) is 86.9 cm³/mol. The third kappa shape index (κ3) is 4.44. The molecule has 0 spiro atoms. The van der Waals surface area contributed by atoms with Crippen LogP contribution in [0.1, 0.15) is 60.3 Å². The lowest BCUT2D eigenvalue weighted by Crippen LogP contribution is -2.57. The average Bonchev–Trinajstić information content (AvgIpc) is 2.43. The Morgan fingerprint density at radius 1 is 1.20 bits per heavy atom. The van der Waals surface area contributed by atoms with Gasteiger partial charge in [-0.05, 0) is 50.5 Å². The molecule has 1 aliphatic rings. The Kier molecular flexibility index (Phi) is 6.96. The number of hydrogen-bond donors (Lipinski definition) is 1. The topological polar surface area (TPSA) is 38.5 Å². The number of ether oxygens (including phenoxy) is 1. The van der Waals surface area contributed by atoms with Crippen molar-refractivity contribution in [3.63, 3.8) is 0 Å². The third-order valence-corrected chi connectivity index (χ3v) is 5.28. The summed E-state index contributed by atoms with van der Waals surface area (Å²) in [6, 6.07) is 0. The molecule has 0 aliphatic heterocycles. The maximum Gasteiger partial charge on any atom is 0.0593 e. The molecule has 0 unspecified atom stereocenters. The van der Waals surface area contributed by atoms with Gasteiger partial charge in [0.2, 0.25) is 0 Å². The molecule has 0 radical (unpaired) electrons. The Hall–Kier alpha value is -0.120. The molecule has 3 heteroatoms. The van der Waals surface area contributed by atoms with Crippen LogP contribution < -0.4 is 5.73 Å². The molecule has 0 aromatic heterocycles. The van der Waals surface area contributed by atoms with Gasteiger partial charge in [0.1, 0.15) is 0 Å². The highest BCUT2D eigenvalue weighted by molar-refractivity contribution is 4.97. The molecule has 1 saturated carbocycles. The van der Waals surface area contributed by atoms with E-state index < -0.39 is 0 Å². The number of nitrogens with two attached hydrogens (primary N) is 1. The Morgan fingerprint density at radius 3 is 2.20 bits per heavy atom. The Bertz CT molecular complexity index is 265. The zero-order chi connectivity index (χ0) is 15.2. The molecule has 0 bridgehead atoms. The summed E-state index contributed by atoms with van der Waals surface area (Å²) in [6.07, 6.45) is 5.11. The van der Waals surface area contributed by atoms with Gasteiger partial charge in [-0.15, -0.1) is 0 Å². The largest absolute Gasteiger partial charge is 0.380 e. The first-order valence-electron chi connectivity index (χ1n) is 8.42. The van der Waals surface area contributed by atoms with Crippen molar-refractivity contribution < 1.29 is 4.74 Å². The van der Waals surface area contributed by atoms with Crippen molar-refractivity contribution in [3.05, 3.63) is 0 Å². The van der Waals surface area contributed by atoms with Gasteiger partial charge in [0.25, 0.3) is 0 Å². The zero-order valence-corrected chi connectivity index (χ0v) is 14.4. The Balaban J connectivity index is 2.63. The molecule has 0 saturated heterocycles. The van der Waals surface area contributed by atoms with Crippen LogP contribution in [0.2, 0.25) is 0 Å². The molecule has 1 aliphatic carbocycles. The molecule has 0 amide bonds. The van der Waals surface area contributed by atoms with Gasteiger partial charge in [0.05, 0.1) is 6.61 Å². The zero-order valence-electron chi connectivity index (χ0n) is 14.4. The summed E-state index contributed by atoms with van der Waals surface area (Å²) in [5, 5.41) is 0. The van der Waals surface area contributed by atoms with Crippen LogP contribution in [0.5, 0.6) is 0 Å². The van der Waals surface area contributed by atoms with E-state index in [2.05, 4.69) is 39.5 Å². The van der Waals surface area contributed by atoms with Crippen molar-refractivity contribution in [2.24, 2.45) is 17.1 Å². The summed E-state index contributed by atoms with van der Waals surface area (Å²) in [5.74, 6) is 0.841. The van der Waals surface area contributed by atoms with Gasteiger partial charge < -0.3 is 10.5 Å². The lowest BCUT2D eigenvalue weighted by Gasteiger charge is -2.49. The number of hydrogen-bond acceptors (Lipinski definition) is 3. The molecular weight excluding hydrogens is 248 g/mol. The van der Waals surface area contributed by atoms with Crippen LogP contribution in [-0.4, -0.2) is 43.3 Å². The minimum Gasteiger partial charge on any atom is -0.380 e. The summed E-state index contributed by atoms with van der Waals surface area (Å²) in [7, 11) is 0. The molecular formula is C17H36N2O. The maximum atomic E-state index is 6.19. The van der Waals surface area contributed by atoms with E-state index in [0.29, 0.717) is 5.41 Å². The van der Waals surface area contributed by atoms with E-state index in [1.807, 2.05) is 0 Å². The predicted octanol–water partition coefficient (Wildman–Crippen LogP) is 3.28. The van der Waals surface area contributed by atoms with Crippen molar-refractivity contribution in [2.75, 3.05) is 32.8 Å². The lowest BCUT2D eigenvalue weighted by molar-refractivity contribution is 0.00517. The quantitative estimate of drug-likeness (QED) is 0.729. The number of likely N-dealkylation sites (N-methyl/N-ethyl adjacent to an activating group) is 1. The smallest absolute Gasteiger partial charge is 0.0593 e. The van der Waals surface area contributed by atoms with Crippen molar-refractivity contribution in [1.82, 2.24) is 4.90 Å². The van der Waals surface area contributed by atoms with Gasteiger partial charge in [-0.2, -0.15) is 0 Å². The van der Waals surface area contributed by atoms with Crippen LogP contribution in [0.25, 0.3) is 0 Å². The van der Waals surface area contributed by atoms with Gasteiger partial charge >= 0.3 is 0 Å². The first-order chi connectivity index (χ1) is 9.39. The summed E-state index contributed by atoms with van der Waals surface area (Å²) >= 11 is 0. The molecule has 1 rings (SSSR count). The van der Waals surface area contributed by atoms with E-state index >= 15 is 0 Å². The fourth-order valence-electron chi connectivity index (χ4n) is 3.72. The number of rotatable bonds is 7. The highest BCUT2D eigenvalue weighted by atomic mass is 16.5. The molecule has 0 atom stereocenters. The van der Waals surface area contributed by atoms with Crippen LogP contribution in [0.3, 0.4) is 0 Å². The second-order valence-electron chi connectivity index (χ2n) is 7.35. The molecule has 20 heavy (non-hydrogen) atoms. The standard InChI is InChI=1S/C17H36N2O/c1-6-19(12-13-20-7-2)17(14-18)10-8-15(9-11-17)16(3,4)5/h15H,6-14,18H2,1-5H3. The molecule has 120 valence electrons. The van der Waals surface area contributed by atoms with Crippen molar-refractivity contribution in [2.45, 2.75) is 65.8 Å². The molecule has 2 N–H and O–H groups in total. The highest BCUT2D eigenvalue weighted by Gasteiger charge is 2.40. The highest BCUT2D eigenvalue weighted by Crippen LogP contribution is 2.43. The first kappa shape index (κ1) is 17.9. The minimum atomic E-state index is 0.216. The van der Waals surface area contributed by atoms with Gasteiger partial charge in [-0.1, -0.05) is 27.7 Å². The van der Waals surface area contributed by atoms with Gasteiger partial charge in [-0.25, -0.2) is 0 Å². The molecule has 3 nitrogen and oxygen atoms in total. The fraction of sp³-hybridized carbons (Fsp3) is 1.00. The second-order valence-corrected chi connectivity index (χ2v) is 7.35. The SMILES string of the molecule is CCOCCN(CC)C1(CN)CCC(C(C)(C)C)CC1. The Morgan fingerprint density at radius 2 is 1.80 bits per heavy atom. The van der Waals surface area contributed by atoms with Crippen LogP contribution >= 0.6 is 0 Å². The van der Waals surface area contributed by atoms with Crippen molar-refractivity contribution in [3.8, 4) is 0 Å². The van der Waals surface area contributed by atoms with Crippen molar-refractivity contribution >= 4 is 0 Å². The van der Waals surface area contributed by atoms with Crippen LogP contribution in [0.4, 0.5) is 0 Å². The summed E-state index contributed by atoms with van der Waals surface area (Å²) in [6.45, 7) is 15.9. The van der Waals surface area contributed by atoms with E-state index in [1.165, 1.54) is 25.7 Å². The summed E-state index contributed by atoms with van der Waals surface area (Å²) < 4.78 is 5.54. The Labute approximate surface area is 126 Å². The number of nitrogens with zero attached hydrogens (tertiary/aromatic N) is 1. The van der Waals surface area contributed by atoms with Crippen molar-refractivity contribution in [1.29, 1.82) is 0 Å². The van der Waals surface area contributed by atoms with E-state index in [4.69, 9.17) is 10.5 Å². The summed E-state index contributed by atoms with van der Waals surface area (Å²) in [4.78, 5) is 2.57. The molecule has 0 aromatic rings. The van der Waals surface area contributed by atoms with E-state index in [1.54, 1.807) is 0 Å². The van der Waals surface area contributed by atoms with Crippen LogP contribution in [-0.2, 0) is 4.74 Å². The molecule has 0 aromatic carbocycles. The third-order valence-electron chi connectivity index (χ3n) is 5.28. The van der Waals surface area contributed by atoms with Gasteiger partial charge in [0, 0.05) is 25.2 Å².